The third kappa shape index (κ3) is 5.48. The van der Waals surface area contributed by atoms with Gasteiger partial charge in [-0.15, -0.1) is 0 Å². The number of rotatable bonds is 9. The first kappa shape index (κ1) is 18.8. The van der Waals surface area contributed by atoms with E-state index in [0.29, 0.717) is 18.6 Å². The molecular formula is C17H33NO2S. The number of hydrogen-bond donors (Lipinski definition) is 1. The Bertz CT molecular complexity index is 320. The summed E-state index contributed by atoms with van der Waals surface area (Å²) in [5.74, 6) is 3.47. The molecule has 1 aliphatic carbocycles. The summed E-state index contributed by atoms with van der Waals surface area (Å²) in [4.78, 5) is 12.6. The monoisotopic (exact) mass is 315 g/mol. The second-order valence-corrected chi connectivity index (χ2v) is 7.99. The van der Waals surface area contributed by atoms with Crippen LogP contribution in [0.2, 0.25) is 0 Å². The Balaban J connectivity index is 2.67. The zero-order valence-electron chi connectivity index (χ0n) is 14.4. The number of esters is 1. The Morgan fingerprint density at radius 2 is 2.10 bits per heavy atom. The molecule has 0 aliphatic heterocycles. The fourth-order valence-corrected chi connectivity index (χ4v) is 4.40. The molecule has 0 saturated heterocycles. The largest absolute Gasteiger partial charge is 0.465 e. The van der Waals surface area contributed by atoms with Gasteiger partial charge >= 0.3 is 5.97 Å². The molecule has 1 N–H and O–H groups in total. The summed E-state index contributed by atoms with van der Waals surface area (Å²) in [7, 11) is 0. The number of ether oxygens (including phenoxy) is 1. The fourth-order valence-electron chi connectivity index (χ4n) is 3.31. The van der Waals surface area contributed by atoms with Gasteiger partial charge in [0.25, 0.3) is 0 Å². The van der Waals surface area contributed by atoms with Crippen molar-refractivity contribution in [2.75, 3.05) is 18.1 Å². The van der Waals surface area contributed by atoms with Gasteiger partial charge in [0.05, 0.1) is 6.61 Å². The molecule has 0 radical (unpaired) electrons. The van der Waals surface area contributed by atoms with Gasteiger partial charge in [-0.1, -0.05) is 20.3 Å². The van der Waals surface area contributed by atoms with Crippen molar-refractivity contribution in [3.05, 3.63) is 0 Å². The van der Waals surface area contributed by atoms with Gasteiger partial charge in [-0.2, -0.15) is 11.8 Å². The molecule has 0 aromatic rings. The molecule has 2 unspecified atom stereocenters. The van der Waals surface area contributed by atoms with Gasteiger partial charge in [-0.25, -0.2) is 0 Å². The van der Waals surface area contributed by atoms with Crippen LogP contribution in [0.5, 0.6) is 0 Å². The molecule has 0 spiro atoms. The van der Waals surface area contributed by atoms with Gasteiger partial charge in [-0.3, -0.25) is 10.1 Å². The van der Waals surface area contributed by atoms with Crippen LogP contribution in [0.4, 0.5) is 0 Å². The highest BCUT2D eigenvalue weighted by Gasteiger charge is 2.49. The lowest BCUT2D eigenvalue weighted by atomic mass is 9.84. The minimum atomic E-state index is -0.442. The normalized spacial score (nSPS) is 25.8. The maximum atomic E-state index is 12.6. The molecule has 0 heterocycles. The van der Waals surface area contributed by atoms with E-state index in [1.54, 1.807) is 0 Å². The van der Waals surface area contributed by atoms with E-state index in [1.165, 1.54) is 5.75 Å². The summed E-state index contributed by atoms with van der Waals surface area (Å²) in [6.07, 6.45) is 4.29. The predicted octanol–water partition coefficient (Wildman–Crippen LogP) is 3.87. The van der Waals surface area contributed by atoms with E-state index in [2.05, 4.69) is 33.0 Å². The second-order valence-electron chi connectivity index (χ2n) is 6.84. The van der Waals surface area contributed by atoms with Crippen molar-refractivity contribution in [1.29, 1.82) is 0 Å². The molecule has 4 heteroatoms. The quantitative estimate of drug-likeness (QED) is 0.518. The topological polar surface area (TPSA) is 38.3 Å². The first-order valence-electron chi connectivity index (χ1n) is 8.45. The van der Waals surface area contributed by atoms with Crippen LogP contribution in [0.25, 0.3) is 0 Å². The average Bonchev–Trinajstić information content (AvgIpc) is 2.78. The maximum Gasteiger partial charge on any atom is 0.326 e. The molecule has 0 bridgehead atoms. The SMILES string of the molecule is CCOC(=O)C1(NC(C)C)CCCC1CCSCC(C)C. The molecule has 1 saturated carbocycles. The van der Waals surface area contributed by atoms with Gasteiger partial charge in [-0.05, 0) is 63.4 Å². The zero-order chi connectivity index (χ0) is 15.9. The summed E-state index contributed by atoms with van der Waals surface area (Å²) in [6, 6.07) is 0.304. The highest BCUT2D eigenvalue weighted by molar-refractivity contribution is 7.99. The maximum absolute atomic E-state index is 12.6. The van der Waals surface area contributed by atoms with E-state index < -0.39 is 5.54 Å². The lowest BCUT2D eigenvalue weighted by Gasteiger charge is -2.36. The Kier molecular flexibility index (Phi) is 8.10. The van der Waals surface area contributed by atoms with Crippen molar-refractivity contribution in [1.82, 2.24) is 5.32 Å². The van der Waals surface area contributed by atoms with Crippen LogP contribution in [0.3, 0.4) is 0 Å². The van der Waals surface area contributed by atoms with Gasteiger partial charge in [0.15, 0.2) is 0 Å². The third-order valence-electron chi connectivity index (χ3n) is 4.07. The molecule has 3 nitrogen and oxygen atoms in total. The van der Waals surface area contributed by atoms with E-state index in [0.717, 1.165) is 37.4 Å². The van der Waals surface area contributed by atoms with Crippen molar-refractivity contribution in [3.63, 3.8) is 0 Å². The second kappa shape index (κ2) is 9.04. The van der Waals surface area contributed by atoms with Crippen LogP contribution in [0.15, 0.2) is 0 Å². The average molecular weight is 316 g/mol. The van der Waals surface area contributed by atoms with Crippen LogP contribution in [-0.4, -0.2) is 35.7 Å². The van der Waals surface area contributed by atoms with Gasteiger partial charge in [0.1, 0.15) is 5.54 Å². The summed E-state index contributed by atoms with van der Waals surface area (Å²) in [5, 5.41) is 3.56. The molecule has 0 aromatic carbocycles. The Morgan fingerprint density at radius 1 is 1.38 bits per heavy atom. The van der Waals surface area contributed by atoms with Crippen molar-refractivity contribution in [2.45, 2.75) is 71.9 Å². The molecule has 0 amide bonds. The minimum Gasteiger partial charge on any atom is -0.465 e. The first-order chi connectivity index (χ1) is 9.92. The Hall–Kier alpha value is -0.220. The highest BCUT2D eigenvalue weighted by Crippen LogP contribution is 2.40. The number of nitrogens with one attached hydrogen (secondary N) is 1. The van der Waals surface area contributed by atoms with Crippen LogP contribution < -0.4 is 5.32 Å². The number of thioether (sulfide) groups is 1. The van der Waals surface area contributed by atoms with Crippen LogP contribution in [0, 0.1) is 11.8 Å². The molecular weight excluding hydrogens is 282 g/mol. The lowest BCUT2D eigenvalue weighted by Crippen LogP contribution is -2.58. The molecule has 1 fully saturated rings. The summed E-state index contributed by atoms with van der Waals surface area (Å²) >= 11 is 2.01. The van der Waals surface area contributed by atoms with Crippen molar-refractivity contribution in [3.8, 4) is 0 Å². The van der Waals surface area contributed by atoms with Crippen molar-refractivity contribution < 1.29 is 9.53 Å². The van der Waals surface area contributed by atoms with Crippen molar-refractivity contribution in [2.24, 2.45) is 11.8 Å². The van der Waals surface area contributed by atoms with Crippen LogP contribution in [-0.2, 0) is 9.53 Å². The number of hydrogen-bond acceptors (Lipinski definition) is 4. The van der Waals surface area contributed by atoms with Gasteiger partial charge in [0, 0.05) is 6.04 Å². The summed E-state index contributed by atoms with van der Waals surface area (Å²) in [5.41, 5.74) is -0.442. The molecule has 124 valence electrons. The van der Waals surface area contributed by atoms with Crippen molar-refractivity contribution >= 4 is 17.7 Å². The Morgan fingerprint density at radius 3 is 2.67 bits per heavy atom. The van der Waals surface area contributed by atoms with E-state index in [1.807, 2.05) is 18.7 Å². The van der Waals surface area contributed by atoms with Crippen LogP contribution in [0.1, 0.15) is 60.3 Å². The molecule has 2 atom stereocenters. The molecule has 0 aromatic heterocycles. The Labute approximate surface area is 135 Å². The lowest BCUT2D eigenvalue weighted by molar-refractivity contribution is -0.153. The number of carbonyl (C=O) groups is 1. The van der Waals surface area contributed by atoms with Gasteiger partial charge in [0.2, 0.25) is 0 Å². The van der Waals surface area contributed by atoms with E-state index in [9.17, 15) is 4.79 Å². The van der Waals surface area contributed by atoms with E-state index in [-0.39, 0.29) is 5.97 Å². The van der Waals surface area contributed by atoms with Gasteiger partial charge < -0.3 is 4.74 Å². The molecule has 1 aliphatic rings. The highest BCUT2D eigenvalue weighted by atomic mass is 32.2. The predicted molar refractivity (Wildman–Crippen MR) is 91.8 cm³/mol. The fraction of sp³-hybridized carbons (Fsp3) is 0.941. The smallest absolute Gasteiger partial charge is 0.326 e. The number of carbonyl (C=O) groups excluding carboxylic acids is 1. The minimum absolute atomic E-state index is 0.0324. The third-order valence-corrected chi connectivity index (χ3v) is 5.50. The molecule has 21 heavy (non-hydrogen) atoms. The zero-order valence-corrected chi connectivity index (χ0v) is 15.2. The summed E-state index contributed by atoms with van der Waals surface area (Å²) < 4.78 is 5.40. The van der Waals surface area contributed by atoms with E-state index in [4.69, 9.17) is 4.74 Å². The van der Waals surface area contributed by atoms with E-state index >= 15 is 0 Å². The van der Waals surface area contributed by atoms with Crippen LogP contribution >= 0.6 is 11.8 Å². The summed E-state index contributed by atoms with van der Waals surface area (Å²) in [6.45, 7) is 11.1. The first-order valence-corrected chi connectivity index (χ1v) is 9.60. The standard InChI is InChI=1S/C17H33NO2S/c1-6-20-16(19)17(18-14(4)5)10-7-8-15(17)9-11-21-12-13(2)3/h13-15,18H,6-12H2,1-5H3. The molecule has 1 rings (SSSR count).